The Morgan fingerprint density at radius 3 is 2.89 bits per heavy atom. The average molecular weight is 381 g/mol. The highest BCUT2D eigenvalue weighted by Crippen LogP contribution is 2.25. The number of H-pyrrole nitrogens is 1. The van der Waals surface area contributed by atoms with Gasteiger partial charge < -0.3 is 9.73 Å². The summed E-state index contributed by atoms with van der Waals surface area (Å²) >= 11 is 0. The van der Waals surface area contributed by atoms with Gasteiger partial charge >= 0.3 is 0 Å². The number of fused-ring (bicyclic) bond motifs is 1. The van der Waals surface area contributed by atoms with E-state index in [1.165, 1.54) is 4.68 Å². The predicted molar refractivity (Wildman–Crippen MR) is 104 cm³/mol. The second kappa shape index (κ2) is 7.46. The molecule has 4 rings (SSSR count). The maximum atomic E-state index is 12.6. The van der Waals surface area contributed by atoms with Crippen LogP contribution < -0.4 is 10.9 Å². The predicted octanol–water partition coefficient (Wildman–Crippen LogP) is 3.08. The summed E-state index contributed by atoms with van der Waals surface area (Å²) in [5.41, 5.74) is 1.94. The first-order valence-electron chi connectivity index (χ1n) is 9.68. The van der Waals surface area contributed by atoms with E-state index in [4.69, 9.17) is 4.42 Å². The fraction of sp³-hybridized carbons (Fsp3) is 0.400. The SMILES string of the molecule is CCC(CC)C(=O)Nc1cc(-c2ccco2)nn1-c1nc2c(c(=O)[nH]1)CCC2. The molecule has 1 amide bonds. The normalized spacial score (nSPS) is 13.1. The number of nitrogens with one attached hydrogen (secondary N) is 2. The lowest BCUT2D eigenvalue weighted by Gasteiger charge is -2.13. The van der Waals surface area contributed by atoms with Gasteiger partial charge in [-0.05, 0) is 44.2 Å². The molecular weight excluding hydrogens is 358 g/mol. The fourth-order valence-corrected chi connectivity index (χ4v) is 3.59. The average Bonchev–Trinajstić information content (AvgIpc) is 3.43. The van der Waals surface area contributed by atoms with Gasteiger partial charge in [-0.15, -0.1) is 0 Å². The maximum Gasteiger partial charge on any atom is 0.255 e. The highest BCUT2D eigenvalue weighted by atomic mass is 16.3. The zero-order chi connectivity index (χ0) is 19.7. The number of hydrogen-bond acceptors (Lipinski definition) is 5. The molecule has 3 heterocycles. The van der Waals surface area contributed by atoms with E-state index in [0.717, 1.165) is 43.4 Å². The maximum absolute atomic E-state index is 12.6. The molecule has 2 N–H and O–H groups in total. The number of aromatic nitrogens is 4. The topological polar surface area (TPSA) is 106 Å². The molecule has 3 aromatic heterocycles. The molecule has 0 radical (unpaired) electrons. The quantitative estimate of drug-likeness (QED) is 0.682. The Labute approximate surface area is 162 Å². The third-order valence-corrected chi connectivity index (χ3v) is 5.22. The molecule has 1 aliphatic carbocycles. The second-order valence-corrected chi connectivity index (χ2v) is 6.97. The van der Waals surface area contributed by atoms with E-state index in [1.54, 1.807) is 24.5 Å². The van der Waals surface area contributed by atoms with Gasteiger partial charge in [-0.25, -0.2) is 4.98 Å². The molecule has 146 valence electrons. The van der Waals surface area contributed by atoms with E-state index in [0.29, 0.717) is 23.2 Å². The van der Waals surface area contributed by atoms with Crippen LogP contribution in [0.3, 0.4) is 0 Å². The zero-order valence-electron chi connectivity index (χ0n) is 16.0. The van der Waals surface area contributed by atoms with Gasteiger partial charge in [0.1, 0.15) is 11.5 Å². The third kappa shape index (κ3) is 3.26. The minimum absolute atomic E-state index is 0.0827. The van der Waals surface area contributed by atoms with Gasteiger partial charge in [-0.1, -0.05) is 13.8 Å². The highest BCUT2D eigenvalue weighted by Gasteiger charge is 2.22. The number of nitrogens with zero attached hydrogens (tertiary/aromatic N) is 3. The van der Waals surface area contributed by atoms with Crippen LogP contribution in [0.15, 0.2) is 33.7 Å². The monoisotopic (exact) mass is 381 g/mol. The van der Waals surface area contributed by atoms with Crippen LogP contribution in [0.25, 0.3) is 17.4 Å². The summed E-state index contributed by atoms with van der Waals surface area (Å²) in [5, 5.41) is 7.47. The molecule has 0 saturated carbocycles. The summed E-state index contributed by atoms with van der Waals surface area (Å²) in [6.45, 7) is 3.97. The number of aromatic amines is 1. The van der Waals surface area contributed by atoms with Gasteiger partial charge in [0.05, 0.1) is 12.0 Å². The van der Waals surface area contributed by atoms with Crippen molar-refractivity contribution in [2.75, 3.05) is 5.32 Å². The van der Waals surface area contributed by atoms with Gasteiger partial charge in [0.15, 0.2) is 5.76 Å². The smallest absolute Gasteiger partial charge is 0.255 e. The van der Waals surface area contributed by atoms with Crippen molar-refractivity contribution in [2.45, 2.75) is 46.0 Å². The Balaban J connectivity index is 1.78. The number of furan rings is 1. The molecule has 0 aromatic carbocycles. The van der Waals surface area contributed by atoms with Crippen LogP contribution in [0.1, 0.15) is 44.4 Å². The number of carbonyl (C=O) groups excluding carboxylic acids is 1. The Morgan fingerprint density at radius 2 is 2.18 bits per heavy atom. The molecule has 0 fully saturated rings. The molecule has 0 aliphatic heterocycles. The van der Waals surface area contributed by atoms with Crippen LogP contribution in [0.4, 0.5) is 5.82 Å². The van der Waals surface area contributed by atoms with Crippen molar-refractivity contribution in [3.8, 4) is 17.4 Å². The van der Waals surface area contributed by atoms with E-state index >= 15 is 0 Å². The number of rotatable bonds is 6. The summed E-state index contributed by atoms with van der Waals surface area (Å²) in [6, 6.07) is 5.29. The molecular formula is C20H23N5O3. The van der Waals surface area contributed by atoms with Gasteiger partial charge in [0.2, 0.25) is 11.9 Å². The molecule has 0 saturated heterocycles. The van der Waals surface area contributed by atoms with Crippen molar-refractivity contribution in [2.24, 2.45) is 5.92 Å². The Morgan fingerprint density at radius 1 is 1.36 bits per heavy atom. The largest absolute Gasteiger partial charge is 0.463 e. The van der Waals surface area contributed by atoms with E-state index in [2.05, 4.69) is 20.4 Å². The number of carbonyl (C=O) groups is 1. The first kappa shape index (κ1) is 18.2. The molecule has 3 aromatic rings. The van der Waals surface area contributed by atoms with Gasteiger partial charge in [0, 0.05) is 17.5 Å². The lowest BCUT2D eigenvalue weighted by molar-refractivity contribution is -0.120. The lowest BCUT2D eigenvalue weighted by atomic mass is 10.0. The van der Waals surface area contributed by atoms with E-state index in [-0.39, 0.29) is 17.4 Å². The second-order valence-electron chi connectivity index (χ2n) is 6.97. The zero-order valence-corrected chi connectivity index (χ0v) is 16.0. The van der Waals surface area contributed by atoms with Gasteiger partial charge in [-0.2, -0.15) is 9.78 Å². The third-order valence-electron chi connectivity index (χ3n) is 5.22. The number of hydrogen-bond donors (Lipinski definition) is 2. The van der Waals surface area contributed by atoms with Crippen molar-refractivity contribution in [1.29, 1.82) is 0 Å². The minimum Gasteiger partial charge on any atom is -0.463 e. The summed E-state index contributed by atoms with van der Waals surface area (Å²) in [6.07, 6.45) is 5.49. The summed E-state index contributed by atoms with van der Waals surface area (Å²) in [5.74, 6) is 1.14. The molecule has 8 nitrogen and oxygen atoms in total. The van der Waals surface area contributed by atoms with Crippen molar-refractivity contribution < 1.29 is 9.21 Å². The molecule has 1 aliphatic rings. The number of amides is 1. The van der Waals surface area contributed by atoms with E-state index in [9.17, 15) is 9.59 Å². The molecule has 28 heavy (non-hydrogen) atoms. The Kier molecular flexibility index (Phi) is 4.85. The van der Waals surface area contributed by atoms with Crippen LogP contribution in [-0.2, 0) is 17.6 Å². The van der Waals surface area contributed by atoms with Gasteiger partial charge in [-0.3, -0.25) is 14.6 Å². The summed E-state index contributed by atoms with van der Waals surface area (Å²) in [7, 11) is 0. The molecule has 0 bridgehead atoms. The Hall–Kier alpha value is -3.16. The summed E-state index contributed by atoms with van der Waals surface area (Å²) < 4.78 is 6.91. The Bertz CT molecular complexity index is 1040. The lowest BCUT2D eigenvalue weighted by Crippen LogP contribution is -2.24. The van der Waals surface area contributed by atoms with Crippen LogP contribution in [-0.4, -0.2) is 25.7 Å². The van der Waals surface area contributed by atoms with Crippen LogP contribution in [0.2, 0.25) is 0 Å². The van der Waals surface area contributed by atoms with Crippen LogP contribution in [0.5, 0.6) is 0 Å². The summed E-state index contributed by atoms with van der Waals surface area (Å²) in [4.78, 5) is 32.5. The first-order chi connectivity index (χ1) is 13.6. The molecule has 0 spiro atoms. The number of anilines is 1. The highest BCUT2D eigenvalue weighted by molar-refractivity contribution is 5.92. The molecule has 0 unspecified atom stereocenters. The standard InChI is InChI=1S/C20H23N5O3/c1-3-12(4-2)18(26)22-17-11-15(16-9-6-10-28-16)24-25(17)20-21-14-8-5-7-13(14)19(27)23-20/h6,9-12H,3-5,7-8H2,1-2H3,(H,22,26)(H,21,23,27). The fourth-order valence-electron chi connectivity index (χ4n) is 3.59. The number of aryl methyl sites for hydroxylation is 1. The van der Waals surface area contributed by atoms with Crippen molar-refractivity contribution in [3.05, 3.63) is 46.1 Å². The van der Waals surface area contributed by atoms with E-state index in [1.807, 2.05) is 13.8 Å². The van der Waals surface area contributed by atoms with Crippen LogP contribution >= 0.6 is 0 Å². The molecule has 8 heteroatoms. The minimum atomic E-state index is -0.148. The van der Waals surface area contributed by atoms with Crippen molar-refractivity contribution in [1.82, 2.24) is 19.7 Å². The van der Waals surface area contributed by atoms with Crippen LogP contribution in [0, 0.1) is 5.92 Å². The van der Waals surface area contributed by atoms with Gasteiger partial charge in [0.25, 0.3) is 5.56 Å². The van der Waals surface area contributed by atoms with E-state index < -0.39 is 0 Å². The van der Waals surface area contributed by atoms with Crippen molar-refractivity contribution >= 4 is 11.7 Å². The first-order valence-corrected chi connectivity index (χ1v) is 9.68. The van der Waals surface area contributed by atoms with Crippen molar-refractivity contribution in [3.63, 3.8) is 0 Å². The molecule has 0 atom stereocenters.